The third-order valence-corrected chi connectivity index (χ3v) is 6.98. The molecule has 0 aliphatic heterocycles. The Bertz CT molecular complexity index is 1090. The molecule has 2 aromatic heterocycles. The molecule has 0 radical (unpaired) electrons. The molecule has 32 heavy (non-hydrogen) atoms. The van der Waals surface area contributed by atoms with E-state index in [1.54, 1.807) is 0 Å². The SMILES string of the molecule is COC(=O)c1sc(NC(=O)C(C)n2nc(C(F)(F)F)c(Br)c2C2CC2)c(C(=O)OC)c1C. The van der Waals surface area contributed by atoms with Crippen molar-refractivity contribution in [2.45, 2.75) is 44.8 Å². The van der Waals surface area contributed by atoms with E-state index >= 15 is 0 Å². The van der Waals surface area contributed by atoms with E-state index in [0.29, 0.717) is 18.5 Å². The third kappa shape index (κ3) is 4.40. The number of rotatable bonds is 6. The summed E-state index contributed by atoms with van der Waals surface area (Å²) in [6.07, 6.45) is -3.31. The average Bonchev–Trinajstić information content (AvgIpc) is 3.43. The Kier molecular flexibility index (Phi) is 6.70. The van der Waals surface area contributed by atoms with Crippen molar-refractivity contribution in [1.82, 2.24) is 9.78 Å². The van der Waals surface area contributed by atoms with Gasteiger partial charge in [-0.1, -0.05) is 0 Å². The number of aromatic nitrogens is 2. The lowest BCUT2D eigenvalue weighted by Crippen LogP contribution is -2.26. The van der Waals surface area contributed by atoms with Crippen molar-refractivity contribution in [2.75, 3.05) is 19.5 Å². The van der Waals surface area contributed by atoms with E-state index in [0.717, 1.165) is 23.1 Å². The predicted octanol–water partition coefficient (Wildman–Crippen LogP) is 4.68. The zero-order chi connectivity index (χ0) is 24.0. The van der Waals surface area contributed by atoms with Crippen LogP contribution in [0, 0.1) is 6.92 Å². The molecule has 1 aliphatic carbocycles. The normalized spacial score (nSPS) is 14.8. The van der Waals surface area contributed by atoms with Gasteiger partial charge < -0.3 is 14.8 Å². The number of halogens is 4. The number of thiophene rings is 1. The van der Waals surface area contributed by atoms with Crippen LogP contribution in [0.5, 0.6) is 0 Å². The van der Waals surface area contributed by atoms with Gasteiger partial charge in [-0.15, -0.1) is 11.3 Å². The van der Waals surface area contributed by atoms with Gasteiger partial charge in [0.2, 0.25) is 5.91 Å². The summed E-state index contributed by atoms with van der Waals surface area (Å²) in [7, 11) is 2.32. The van der Waals surface area contributed by atoms with Crippen molar-refractivity contribution in [2.24, 2.45) is 0 Å². The summed E-state index contributed by atoms with van der Waals surface area (Å²) >= 11 is 3.81. The van der Waals surface area contributed by atoms with Gasteiger partial charge in [0.15, 0.2) is 5.69 Å². The number of amides is 1. The van der Waals surface area contributed by atoms with Gasteiger partial charge in [-0.3, -0.25) is 9.48 Å². The van der Waals surface area contributed by atoms with Crippen LogP contribution in [0.4, 0.5) is 18.2 Å². The Labute approximate surface area is 193 Å². The molecular weight excluding hydrogens is 519 g/mol. The van der Waals surface area contributed by atoms with Crippen LogP contribution in [-0.4, -0.2) is 41.8 Å². The van der Waals surface area contributed by atoms with Crippen LogP contribution >= 0.6 is 27.3 Å². The Morgan fingerprint density at radius 2 is 1.81 bits per heavy atom. The van der Waals surface area contributed by atoms with Crippen LogP contribution in [0.1, 0.15) is 68.7 Å². The van der Waals surface area contributed by atoms with Gasteiger partial charge in [0.05, 0.1) is 29.9 Å². The van der Waals surface area contributed by atoms with Crippen molar-refractivity contribution in [3.63, 3.8) is 0 Å². The van der Waals surface area contributed by atoms with Gasteiger partial charge in [-0.05, 0) is 48.2 Å². The van der Waals surface area contributed by atoms with E-state index in [4.69, 9.17) is 9.47 Å². The minimum absolute atomic E-state index is 0.0292. The summed E-state index contributed by atoms with van der Waals surface area (Å²) in [6, 6.07) is -1.13. The van der Waals surface area contributed by atoms with Crippen molar-refractivity contribution < 1.29 is 37.0 Å². The molecular formula is C19H19BrF3N3O5S. The Balaban J connectivity index is 1.98. The van der Waals surface area contributed by atoms with E-state index < -0.39 is 35.8 Å². The minimum atomic E-state index is -4.69. The van der Waals surface area contributed by atoms with Crippen molar-refractivity contribution >= 4 is 50.1 Å². The zero-order valence-corrected chi connectivity index (χ0v) is 19.8. The molecule has 1 N–H and O–H groups in total. The summed E-state index contributed by atoms with van der Waals surface area (Å²) < 4.78 is 50.4. The average molecular weight is 538 g/mol. The molecule has 0 bridgehead atoms. The first kappa shape index (κ1) is 24.2. The number of esters is 2. The molecule has 174 valence electrons. The van der Waals surface area contributed by atoms with E-state index in [2.05, 4.69) is 26.3 Å². The quantitative estimate of drug-likeness (QED) is 0.537. The summed E-state index contributed by atoms with van der Waals surface area (Å²) in [6.45, 7) is 2.90. The van der Waals surface area contributed by atoms with E-state index in [1.165, 1.54) is 21.0 Å². The predicted molar refractivity (Wildman–Crippen MR) is 112 cm³/mol. The molecule has 0 spiro atoms. The highest BCUT2D eigenvalue weighted by Crippen LogP contribution is 2.48. The summed E-state index contributed by atoms with van der Waals surface area (Å²) in [5, 5.41) is 6.23. The molecule has 1 atom stereocenters. The fraction of sp³-hybridized carbons (Fsp3) is 0.474. The largest absolute Gasteiger partial charge is 0.465 e. The van der Waals surface area contributed by atoms with E-state index in [1.807, 2.05) is 0 Å². The van der Waals surface area contributed by atoms with Crippen LogP contribution in [0.15, 0.2) is 4.47 Å². The fourth-order valence-corrected chi connectivity index (χ4v) is 5.12. The first-order chi connectivity index (χ1) is 14.9. The number of carbonyl (C=O) groups excluding carboxylic acids is 3. The fourth-order valence-electron chi connectivity index (χ4n) is 3.19. The lowest BCUT2D eigenvalue weighted by Gasteiger charge is -2.16. The molecule has 8 nitrogen and oxygen atoms in total. The van der Waals surface area contributed by atoms with Gasteiger partial charge in [0, 0.05) is 5.92 Å². The Morgan fingerprint density at radius 3 is 2.31 bits per heavy atom. The van der Waals surface area contributed by atoms with Crippen LogP contribution in [0.2, 0.25) is 0 Å². The maximum Gasteiger partial charge on any atom is 0.436 e. The highest BCUT2D eigenvalue weighted by atomic mass is 79.9. The van der Waals surface area contributed by atoms with Gasteiger partial charge >= 0.3 is 18.1 Å². The highest BCUT2D eigenvalue weighted by Gasteiger charge is 2.43. The molecule has 0 aromatic carbocycles. The number of ether oxygens (including phenoxy) is 2. The van der Waals surface area contributed by atoms with E-state index in [9.17, 15) is 27.6 Å². The lowest BCUT2D eigenvalue weighted by atomic mass is 10.1. The zero-order valence-electron chi connectivity index (χ0n) is 17.4. The number of anilines is 1. The van der Waals surface area contributed by atoms with Gasteiger partial charge in [0.25, 0.3) is 0 Å². The van der Waals surface area contributed by atoms with Crippen molar-refractivity contribution in [1.29, 1.82) is 0 Å². The van der Waals surface area contributed by atoms with Crippen LogP contribution in [-0.2, 0) is 20.4 Å². The monoisotopic (exact) mass is 537 g/mol. The molecule has 13 heteroatoms. The molecule has 2 heterocycles. The number of hydrogen-bond donors (Lipinski definition) is 1. The first-order valence-electron chi connectivity index (χ1n) is 9.38. The van der Waals surface area contributed by atoms with Gasteiger partial charge in [-0.25, -0.2) is 9.59 Å². The number of alkyl halides is 3. The minimum Gasteiger partial charge on any atom is -0.465 e. The second kappa shape index (κ2) is 8.85. The van der Waals surface area contributed by atoms with Crippen molar-refractivity contribution in [3.8, 4) is 0 Å². The summed E-state index contributed by atoms with van der Waals surface area (Å²) in [5.74, 6) is -2.33. The Hall–Kier alpha value is -2.41. The topological polar surface area (TPSA) is 99.5 Å². The van der Waals surface area contributed by atoms with Crippen LogP contribution in [0.3, 0.4) is 0 Å². The first-order valence-corrected chi connectivity index (χ1v) is 11.0. The molecule has 2 aromatic rings. The molecule has 1 unspecified atom stereocenters. The number of hydrogen-bond acceptors (Lipinski definition) is 7. The molecule has 1 fully saturated rings. The molecule has 0 saturated heterocycles. The van der Waals surface area contributed by atoms with Gasteiger partial charge in [0.1, 0.15) is 15.9 Å². The van der Waals surface area contributed by atoms with Gasteiger partial charge in [-0.2, -0.15) is 18.3 Å². The Morgan fingerprint density at radius 1 is 1.22 bits per heavy atom. The molecule has 1 saturated carbocycles. The number of nitrogens with zero attached hydrogens (tertiary/aromatic N) is 2. The smallest absolute Gasteiger partial charge is 0.436 e. The molecule has 3 rings (SSSR count). The summed E-state index contributed by atoms with van der Waals surface area (Å²) in [4.78, 5) is 37.3. The van der Waals surface area contributed by atoms with Crippen LogP contribution in [0.25, 0.3) is 0 Å². The third-order valence-electron chi connectivity index (χ3n) is 5.01. The second-order valence-corrected chi connectivity index (χ2v) is 8.99. The van der Waals surface area contributed by atoms with Crippen molar-refractivity contribution in [3.05, 3.63) is 31.9 Å². The lowest BCUT2D eigenvalue weighted by molar-refractivity contribution is -0.142. The highest BCUT2D eigenvalue weighted by molar-refractivity contribution is 9.10. The number of methoxy groups -OCH3 is 2. The number of carbonyl (C=O) groups is 3. The standard InChI is InChI=1S/C19H19BrF3N3O5S/c1-7-10(17(28)30-3)16(32-13(7)18(29)31-4)24-15(27)8(2)26-12(9-5-6-9)11(20)14(25-26)19(21,22)23/h8-9H,5-6H2,1-4H3,(H,24,27). The van der Waals surface area contributed by atoms with E-state index in [-0.39, 0.29) is 31.4 Å². The maximum absolute atomic E-state index is 13.4. The van der Waals surface area contributed by atoms with Crippen LogP contribution < -0.4 is 5.32 Å². The summed E-state index contributed by atoms with van der Waals surface area (Å²) in [5.41, 5.74) is -0.574. The molecule has 1 amide bonds. The maximum atomic E-state index is 13.4. The number of nitrogens with one attached hydrogen (secondary N) is 1. The second-order valence-electron chi connectivity index (χ2n) is 7.17. The molecule has 1 aliphatic rings.